The number of sulfonamides is 1. The smallest absolute Gasteiger partial charge is 0.243 e. The molecule has 21 heavy (non-hydrogen) atoms. The largest absolute Gasteiger partial charge is 0.378 e. The highest BCUT2D eigenvalue weighted by Crippen LogP contribution is 2.22. The van der Waals surface area contributed by atoms with Crippen LogP contribution in [0.2, 0.25) is 0 Å². The lowest BCUT2D eigenvalue weighted by atomic mass is 10.1. The monoisotopic (exact) mass is 333 g/mol. The Balaban J connectivity index is 0.00000220. The van der Waals surface area contributed by atoms with Gasteiger partial charge in [-0.05, 0) is 44.2 Å². The minimum atomic E-state index is -3.37. The van der Waals surface area contributed by atoms with Crippen molar-refractivity contribution in [2.75, 3.05) is 39.1 Å². The van der Waals surface area contributed by atoms with Gasteiger partial charge < -0.3 is 10.2 Å². The van der Waals surface area contributed by atoms with Gasteiger partial charge in [0.25, 0.3) is 0 Å². The van der Waals surface area contributed by atoms with Crippen molar-refractivity contribution >= 4 is 28.1 Å². The Morgan fingerprint density at radius 2 is 1.86 bits per heavy atom. The Morgan fingerprint density at radius 3 is 2.38 bits per heavy atom. The molecule has 0 bridgehead atoms. The Bertz CT molecular complexity index is 546. The lowest BCUT2D eigenvalue weighted by molar-refractivity contribution is 0.293. The molecule has 1 heterocycles. The molecule has 1 N–H and O–H groups in total. The van der Waals surface area contributed by atoms with Crippen LogP contribution in [0, 0.1) is 0 Å². The van der Waals surface area contributed by atoms with E-state index in [2.05, 4.69) is 5.32 Å². The van der Waals surface area contributed by atoms with Crippen LogP contribution in [0.5, 0.6) is 0 Å². The summed E-state index contributed by atoms with van der Waals surface area (Å²) in [4.78, 5) is 2.33. The van der Waals surface area contributed by atoms with E-state index in [-0.39, 0.29) is 18.4 Å². The fourth-order valence-electron chi connectivity index (χ4n) is 2.46. The third-order valence-electron chi connectivity index (χ3n) is 3.78. The SMILES string of the molecule is CNC1CCCN(S(=O)(=O)c2ccc(N(C)C)cc2)C1.Cl. The third kappa shape index (κ3) is 4.10. The van der Waals surface area contributed by atoms with E-state index in [9.17, 15) is 8.42 Å². The summed E-state index contributed by atoms with van der Waals surface area (Å²) in [7, 11) is 2.38. The molecule has 7 heteroatoms. The molecular weight excluding hydrogens is 310 g/mol. The van der Waals surface area contributed by atoms with E-state index in [0.717, 1.165) is 18.5 Å². The summed E-state index contributed by atoms with van der Waals surface area (Å²) >= 11 is 0. The average molecular weight is 334 g/mol. The topological polar surface area (TPSA) is 52.7 Å². The standard InChI is InChI=1S/C14H23N3O2S.ClH/c1-15-12-5-4-10-17(11-12)20(18,19)14-8-6-13(7-9-14)16(2)3;/h6-9,12,15H,4-5,10-11H2,1-3H3;1H. The van der Waals surface area contributed by atoms with Gasteiger partial charge in [-0.25, -0.2) is 8.42 Å². The summed E-state index contributed by atoms with van der Waals surface area (Å²) in [5.41, 5.74) is 0.996. The number of rotatable bonds is 4. The molecule has 0 radical (unpaired) electrons. The first kappa shape index (κ1) is 18.2. The molecule has 1 saturated heterocycles. The number of hydrogen-bond acceptors (Lipinski definition) is 4. The van der Waals surface area contributed by atoms with Crippen LogP contribution in [-0.4, -0.2) is 53.0 Å². The van der Waals surface area contributed by atoms with Crippen molar-refractivity contribution in [2.24, 2.45) is 0 Å². The van der Waals surface area contributed by atoms with Gasteiger partial charge in [-0.1, -0.05) is 0 Å². The van der Waals surface area contributed by atoms with Crippen molar-refractivity contribution < 1.29 is 8.42 Å². The van der Waals surface area contributed by atoms with E-state index in [1.807, 2.05) is 38.2 Å². The van der Waals surface area contributed by atoms with Crippen LogP contribution in [0.4, 0.5) is 5.69 Å². The van der Waals surface area contributed by atoms with E-state index in [1.54, 1.807) is 16.4 Å². The Hall–Kier alpha value is -0.820. The van der Waals surface area contributed by atoms with E-state index < -0.39 is 10.0 Å². The van der Waals surface area contributed by atoms with Crippen molar-refractivity contribution in [3.63, 3.8) is 0 Å². The summed E-state index contributed by atoms with van der Waals surface area (Å²) in [6, 6.07) is 7.31. The number of nitrogens with zero attached hydrogens (tertiary/aromatic N) is 2. The number of piperidine rings is 1. The minimum Gasteiger partial charge on any atom is -0.378 e. The first-order valence-electron chi connectivity index (χ1n) is 6.90. The molecule has 1 aromatic carbocycles. The zero-order valence-corrected chi connectivity index (χ0v) is 14.4. The van der Waals surface area contributed by atoms with Crippen molar-refractivity contribution in [2.45, 2.75) is 23.8 Å². The minimum absolute atomic E-state index is 0. The lowest BCUT2D eigenvalue weighted by Crippen LogP contribution is -2.46. The summed E-state index contributed by atoms with van der Waals surface area (Å²) in [6.45, 7) is 1.16. The number of nitrogens with one attached hydrogen (secondary N) is 1. The van der Waals surface area contributed by atoms with Gasteiger partial charge in [-0.2, -0.15) is 4.31 Å². The zero-order chi connectivity index (χ0) is 14.8. The van der Waals surface area contributed by atoms with Crippen molar-refractivity contribution in [1.29, 1.82) is 0 Å². The number of halogens is 1. The highest BCUT2D eigenvalue weighted by Gasteiger charge is 2.29. The lowest BCUT2D eigenvalue weighted by Gasteiger charge is -2.31. The molecule has 1 atom stereocenters. The summed E-state index contributed by atoms with van der Waals surface area (Å²) in [5, 5.41) is 3.17. The quantitative estimate of drug-likeness (QED) is 0.908. The average Bonchev–Trinajstić information content (AvgIpc) is 2.47. The van der Waals surface area contributed by atoms with Gasteiger partial charge in [0.1, 0.15) is 0 Å². The van der Waals surface area contributed by atoms with Crippen LogP contribution in [0.25, 0.3) is 0 Å². The molecule has 5 nitrogen and oxygen atoms in total. The van der Waals surface area contributed by atoms with Crippen LogP contribution in [-0.2, 0) is 10.0 Å². The molecule has 120 valence electrons. The highest BCUT2D eigenvalue weighted by molar-refractivity contribution is 7.89. The molecule has 0 saturated carbocycles. The second kappa shape index (κ2) is 7.45. The van der Waals surface area contributed by atoms with Crippen LogP contribution in [0.3, 0.4) is 0 Å². The molecule has 1 aliphatic heterocycles. The predicted octanol–water partition coefficient (Wildman–Crippen LogP) is 1.55. The van der Waals surface area contributed by atoms with Gasteiger partial charge in [-0.15, -0.1) is 12.4 Å². The van der Waals surface area contributed by atoms with Crippen LogP contribution in [0.15, 0.2) is 29.2 Å². The second-order valence-electron chi connectivity index (χ2n) is 5.38. The van der Waals surface area contributed by atoms with Crippen LogP contribution < -0.4 is 10.2 Å². The Kier molecular flexibility index (Phi) is 6.46. The van der Waals surface area contributed by atoms with Crippen molar-refractivity contribution in [1.82, 2.24) is 9.62 Å². The van der Waals surface area contributed by atoms with Gasteiger partial charge in [0, 0.05) is 38.9 Å². The third-order valence-corrected chi connectivity index (χ3v) is 5.66. The number of likely N-dealkylation sites (N-methyl/N-ethyl adjacent to an activating group) is 1. The first-order valence-corrected chi connectivity index (χ1v) is 8.34. The molecule has 1 unspecified atom stereocenters. The van der Waals surface area contributed by atoms with Crippen LogP contribution in [0.1, 0.15) is 12.8 Å². The Labute approximate surface area is 133 Å². The predicted molar refractivity (Wildman–Crippen MR) is 88.9 cm³/mol. The molecule has 0 aliphatic carbocycles. The van der Waals surface area contributed by atoms with Crippen molar-refractivity contribution in [3.05, 3.63) is 24.3 Å². The maximum absolute atomic E-state index is 12.6. The molecule has 2 rings (SSSR count). The molecule has 1 aromatic rings. The first-order chi connectivity index (χ1) is 9.45. The number of hydrogen-bond donors (Lipinski definition) is 1. The maximum Gasteiger partial charge on any atom is 0.243 e. The molecular formula is C14H24ClN3O2S. The maximum atomic E-state index is 12.6. The molecule has 1 fully saturated rings. The van der Waals surface area contributed by atoms with Gasteiger partial charge >= 0.3 is 0 Å². The Morgan fingerprint density at radius 1 is 1.24 bits per heavy atom. The summed E-state index contributed by atoms with van der Waals surface area (Å²) in [5.74, 6) is 0. The van der Waals surface area contributed by atoms with Gasteiger partial charge in [0.15, 0.2) is 0 Å². The van der Waals surface area contributed by atoms with Gasteiger partial charge in [-0.3, -0.25) is 0 Å². The number of anilines is 1. The number of benzene rings is 1. The zero-order valence-electron chi connectivity index (χ0n) is 12.7. The summed E-state index contributed by atoms with van der Waals surface area (Å²) < 4.78 is 26.8. The fourth-order valence-corrected chi connectivity index (χ4v) is 3.99. The highest BCUT2D eigenvalue weighted by atomic mass is 35.5. The molecule has 0 amide bonds. The molecule has 0 aromatic heterocycles. The van der Waals surface area contributed by atoms with E-state index >= 15 is 0 Å². The van der Waals surface area contributed by atoms with Crippen molar-refractivity contribution in [3.8, 4) is 0 Å². The molecule has 1 aliphatic rings. The fraction of sp³-hybridized carbons (Fsp3) is 0.571. The van der Waals surface area contributed by atoms with Gasteiger partial charge in [0.05, 0.1) is 4.90 Å². The normalized spacial score (nSPS) is 19.9. The van der Waals surface area contributed by atoms with Crippen LogP contribution >= 0.6 is 12.4 Å². The second-order valence-corrected chi connectivity index (χ2v) is 7.32. The van der Waals surface area contributed by atoms with Gasteiger partial charge in [0.2, 0.25) is 10.0 Å². The van der Waals surface area contributed by atoms with E-state index in [4.69, 9.17) is 0 Å². The summed E-state index contributed by atoms with van der Waals surface area (Å²) in [6.07, 6.45) is 1.93. The van der Waals surface area contributed by atoms with E-state index in [0.29, 0.717) is 18.0 Å². The molecule has 0 spiro atoms. The van der Waals surface area contributed by atoms with E-state index in [1.165, 1.54) is 0 Å².